The van der Waals surface area contributed by atoms with Gasteiger partial charge in [0.1, 0.15) is 0 Å². The Morgan fingerprint density at radius 2 is 1.81 bits per heavy atom. The van der Waals surface area contributed by atoms with Gasteiger partial charge in [-0.25, -0.2) is 0 Å². The second kappa shape index (κ2) is 8.49. The van der Waals surface area contributed by atoms with Crippen LogP contribution in [0.3, 0.4) is 0 Å². The van der Waals surface area contributed by atoms with Gasteiger partial charge in [0.15, 0.2) is 0 Å². The summed E-state index contributed by atoms with van der Waals surface area (Å²) in [5.74, 6) is 0.458. The summed E-state index contributed by atoms with van der Waals surface area (Å²) in [5.41, 5.74) is 2.23. The number of nitrogens with zero attached hydrogens (tertiary/aromatic N) is 2. The van der Waals surface area contributed by atoms with Gasteiger partial charge in [0.25, 0.3) is 5.69 Å². The van der Waals surface area contributed by atoms with Crippen molar-refractivity contribution in [2.24, 2.45) is 5.92 Å². The molecule has 0 radical (unpaired) electrons. The van der Waals surface area contributed by atoms with E-state index in [0.717, 1.165) is 24.7 Å². The Kier molecular flexibility index (Phi) is 5.86. The molecule has 6 heteroatoms. The van der Waals surface area contributed by atoms with Crippen LogP contribution in [0.4, 0.5) is 17.1 Å². The summed E-state index contributed by atoms with van der Waals surface area (Å²) in [4.78, 5) is 25.0. The van der Waals surface area contributed by atoms with E-state index in [9.17, 15) is 14.9 Å². The highest BCUT2D eigenvalue weighted by molar-refractivity contribution is 6.02. The fourth-order valence-corrected chi connectivity index (χ4v) is 3.17. The normalized spacial score (nSPS) is 15.1. The molecule has 6 nitrogen and oxygen atoms in total. The molecule has 1 heterocycles. The number of anilines is 2. The van der Waals surface area contributed by atoms with Crippen molar-refractivity contribution in [2.45, 2.75) is 19.8 Å². The quantitative estimate of drug-likeness (QED) is 0.481. The summed E-state index contributed by atoms with van der Waals surface area (Å²) < 4.78 is 0. The summed E-state index contributed by atoms with van der Waals surface area (Å²) in [5, 5.41) is 13.8. The van der Waals surface area contributed by atoms with Crippen molar-refractivity contribution in [3.05, 3.63) is 70.3 Å². The lowest BCUT2D eigenvalue weighted by Crippen LogP contribution is -2.32. The first-order valence-electron chi connectivity index (χ1n) is 9.10. The Hall–Kier alpha value is -3.15. The highest BCUT2D eigenvalue weighted by Crippen LogP contribution is 2.24. The van der Waals surface area contributed by atoms with Crippen LogP contribution in [0.25, 0.3) is 6.08 Å². The lowest BCUT2D eigenvalue weighted by molar-refractivity contribution is -0.385. The molecular weight excluding hydrogens is 342 g/mol. The number of piperidine rings is 1. The first-order chi connectivity index (χ1) is 13.0. The van der Waals surface area contributed by atoms with Gasteiger partial charge < -0.3 is 10.2 Å². The van der Waals surface area contributed by atoms with Crippen molar-refractivity contribution in [1.29, 1.82) is 0 Å². The third kappa shape index (κ3) is 4.94. The van der Waals surface area contributed by atoms with Crippen molar-refractivity contribution in [3.63, 3.8) is 0 Å². The first kappa shape index (κ1) is 18.6. The average Bonchev–Trinajstić information content (AvgIpc) is 2.68. The van der Waals surface area contributed by atoms with Crippen LogP contribution in [0.5, 0.6) is 0 Å². The molecule has 0 unspecified atom stereocenters. The van der Waals surface area contributed by atoms with Crippen molar-refractivity contribution < 1.29 is 9.72 Å². The molecule has 1 amide bonds. The Bertz CT molecular complexity index is 838. The maximum atomic E-state index is 12.1. The second-order valence-corrected chi connectivity index (χ2v) is 6.85. The highest BCUT2D eigenvalue weighted by atomic mass is 16.6. The maximum absolute atomic E-state index is 12.1. The number of hydrogen-bond acceptors (Lipinski definition) is 4. The third-order valence-corrected chi connectivity index (χ3v) is 4.83. The van der Waals surface area contributed by atoms with Crippen LogP contribution in [-0.2, 0) is 4.79 Å². The van der Waals surface area contributed by atoms with Crippen LogP contribution < -0.4 is 10.2 Å². The first-order valence-corrected chi connectivity index (χ1v) is 9.10. The molecule has 1 N–H and O–H groups in total. The van der Waals surface area contributed by atoms with Gasteiger partial charge >= 0.3 is 0 Å². The van der Waals surface area contributed by atoms with Crippen LogP contribution in [0.2, 0.25) is 0 Å². The smallest absolute Gasteiger partial charge is 0.276 e. The predicted octanol–water partition coefficient (Wildman–Crippen LogP) is 4.48. The standard InChI is InChI=1S/C21H23N3O3/c1-16-12-14-23(15-13-16)19-9-7-18(8-10-19)22-21(25)11-6-17-4-2-3-5-20(17)24(26)27/h2-11,16H,12-15H2,1H3,(H,22,25)/b11-6+. The van der Waals surface area contributed by atoms with Gasteiger partial charge in [-0.05, 0) is 55.2 Å². The molecule has 2 aromatic rings. The Labute approximate surface area is 158 Å². The van der Waals surface area contributed by atoms with Crippen LogP contribution in [0.15, 0.2) is 54.6 Å². The molecule has 1 aliphatic rings. The van der Waals surface area contributed by atoms with E-state index >= 15 is 0 Å². The minimum Gasteiger partial charge on any atom is -0.372 e. The lowest BCUT2D eigenvalue weighted by atomic mass is 9.99. The van der Waals surface area contributed by atoms with E-state index in [0.29, 0.717) is 11.3 Å². The molecule has 0 bridgehead atoms. The molecule has 3 rings (SSSR count). The summed E-state index contributed by atoms with van der Waals surface area (Å²) >= 11 is 0. The summed E-state index contributed by atoms with van der Waals surface area (Å²) in [6.07, 6.45) is 5.17. The van der Waals surface area contributed by atoms with Gasteiger partial charge in [0, 0.05) is 36.6 Å². The molecule has 2 aromatic carbocycles. The molecule has 0 saturated carbocycles. The summed E-state index contributed by atoms with van der Waals surface area (Å²) in [7, 11) is 0. The predicted molar refractivity (Wildman–Crippen MR) is 108 cm³/mol. The molecular formula is C21H23N3O3. The molecule has 140 valence electrons. The molecule has 0 aromatic heterocycles. The zero-order valence-electron chi connectivity index (χ0n) is 15.3. The number of amides is 1. The van der Waals surface area contributed by atoms with E-state index in [1.165, 1.54) is 31.1 Å². The number of rotatable bonds is 5. The Morgan fingerprint density at radius 3 is 2.48 bits per heavy atom. The molecule has 0 spiro atoms. The number of carbonyl (C=O) groups excluding carboxylic acids is 1. The molecule has 1 aliphatic heterocycles. The fourth-order valence-electron chi connectivity index (χ4n) is 3.17. The third-order valence-electron chi connectivity index (χ3n) is 4.83. The van der Waals surface area contributed by atoms with Crippen LogP contribution >= 0.6 is 0 Å². The molecule has 0 aliphatic carbocycles. The van der Waals surface area contributed by atoms with Crippen molar-refractivity contribution >= 4 is 29.0 Å². The largest absolute Gasteiger partial charge is 0.372 e. The minimum absolute atomic E-state index is 0.0262. The van der Waals surface area contributed by atoms with Gasteiger partial charge in [0.05, 0.1) is 10.5 Å². The zero-order chi connectivity index (χ0) is 19.2. The van der Waals surface area contributed by atoms with Crippen LogP contribution in [0.1, 0.15) is 25.3 Å². The fraction of sp³-hybridized carbons (Fsp3) is 0.286. The van der Waals surface area contributed by atoms with E-state index in [4.69, 9.17) is 0 Å². The molecule has 27 heavy (non-hydrogen) atoms. The van der Waals surface area contributed by atoms with Crippen molar-refractivity contribution in [3.8, 4) is 0 Å². The maximum Gasteiger partial charge on any atom is 0.276 e. The second-order valence-electron chi connectivity index (χ2n) is 6.85. The molecule has 1 saturated heterocycles. The SMILES string of the molecule is CC1CCN(c2ccc(NC(=O)/C=C/c3ccccc3[N+](=O)[O-])cc2)CC1. The van der Waals surface area contributed by atoms with Crippen molar-refractivity contribution in [1.82, 2.24) is 0 Å². The van der Waals surface area contributed by atoms with E-state index < -0.39 is 4.92 Å². The number of hydrogen-bond donors (Lipinski definition) is 1. The number of nitro groups is 1. The number of nitro benzene ring substituents is 1. The van der Waals surface area contributed by atoms with Crippen LogP contribution in [-0.4, -0.2) is 23.9 Å². The monoisotopic (exact) mass is 365 g/mol. The Balaban J connectivity index is 1.60. The Morgan fingerprint density at radius 1 is 1.15 bits per heavy atom. The molecule has 1 fully saturated rings. The van der Waals surface area contributed by atoms with E-state index in [1.54, 1.807) is 18.2 Å². The number of nitrogens with one attached hydrogen (secondary N) is 1. The number of carbonyl (C=O) groups is 1. The molecule has 0 atom stereocenters. The highest BCUT2D eigenvalue weighted by Gasteiger charge is 2.16. The number of benzene rings is 2. The van der Waals surface area contributed by atoms with Gasteiger partial charge in [-0.15, -0.1) is 0 Å². The lowest BCUT2D eigenvalue weighted by Gasteiger charge is -2.32. The van der Waals surface area contributed by atoms with Gasteiger partial charge in [0.2, 0.25) is 5.91 Å². The summed E-state index contributed by atoms with van der Waals surface area (Å²) in [6, 6.07) is 14.1. The van der Waals surface area contributed by atoms with Gasteiger partial charge in [-0.1, -0.05) is 19.1 Å². The van der Waals surface area contributed by atoms with Crippen LogP contribution in [0, 0.1) is 16.0 Å². The van der Waals surface area contributed by atoms with E-state index in [2.05, 4.69) is 17.1 Å². The van der Waals surface area contributed by atoms with E-state index in [1.807, 2.05) is 24.3 Å². The zero-order valence-corrected chi connectivity index (χ0v) is 15.3. The summed E-state index contributed by atoms with van der Waals surface area (Å²) in [6.45, 7) is 4.41. The topological polar surface area (TPSA) is 75.5 Å². The van der Waals surface area contributed by atoms with Gasteiger partial charge in [-0.3, -0.25) is 14.9 Å². The average molecular weight is 365 g/mol. The van der Waals surface area contributed by atoms with E-state index in [-0.39, 0.29) is 11.6 Å². The minimum atomic E-state index is -0.461. The number of para-hydroxylation sites is 1. The van der Waals surface area contributed by atoms with Gasteiger partial charge in [-0.2, -0.15) is 0 Å². The van der Waals surface area contributed by atoms with Crippen molar-refractivity contribution in [2.75, 3.05) is 23.3 Å².